The Morgan fingerprint density at radius 1 is 1.45 bits per heavy atom. The van der Waals surface area contributed by atoms with Gasteiger partial charge in [-0.2, -0.15) is 9.98 Å². The minimum atomic E-state index is -0.570. The molecule has 0 aromatic heterocycles. The van der Waals surface area contributed by atoms with E-state index in [1.807, 2.05) is 31.2 Å². The largest absolute Gasteiger partial charge is 0.368 e. The van der Waals surface area contributed by atoms with Gasteiger partial charge in [0.25, 0.3) is 0 Å². The van der Waals surface area contributed by atoms with Crippen LogP contribution in [0.4, 0.5) is 10.5 Å². The normalized spacial score (nSPS) is 14.2. The van der Waals surface area contributed by atoms with Crippen LogP contribution in [0.2, 0.25) is 0 Å². The molecule has 0 radical (unpaired) electrons. The molecule has 6 heteroatoms. The van der Waals surface area contributed by atoms with E-state index in [1.165, 1.54) is 18.0 Å². The summed E-state index contributed by atoms with van der Waals surface area (Å²) in [6.45, 7) is 5.67. The van der Waals surface area contributed by atoms with Gasteiger partial charge in [0.15, 0.2) is 0 Å². The standard InChI is InChI=1S/C14H13N3O2S/c1-9-4-3-5-11(6-9)16-12(18)8-20-13-10(2)7-15-14(19)17-13/h3-7H,2,8H2,1H3,(H,16,18). The van der Waals surface area contributed by atoms with Crippen LogP contribution >= 0.6 is 11.8 Å². The zero-order chi connectivity index (χ0) is 14.5. The highest BCUT2D eigenvalue weighted by Gasteiger charge is 2.13. The number of thioether (sulfide) groups is 1. The molecule has 5 nitrogen and oxygen atoms in total. The molecule has 1 aliphatic heterocycles. The molecular weight excluding hydrogens is 274 g/mol. The molecule has 2 rings (SSSR count). The number of hydrogen-bond acceptors (Lipinski definition) is 3. The average molecular weight is 287 g/mol. The Morgan fingerprint density at radius 3 is 3.00 bits per heavy atom. The fourth-order valence-corrected chi connectivity index (χ4v) is 2.28. The zero-order valence-corrected chi connectivity index (χ0v) is 11.7. The third-order valence-electron chi connectivity index (χ3n) is 2.44. The highest BCUT2D eigenvalue weighted by molar-refractivity contribution is 8.15. The fourth-order valence-electron chi connectivity index (χ4n) is 1.55. The van der Waals surface area contributed by atoms with E-state index in [0.29, 0.717) is 10.6 Å². The Balaban J connectivity index is 1.90. The zero-order valence-electron chi connectivity index (χ0n) is 10.9. The van der Waals surface area contributed by atoms with Gasteiger partial charge in [0.05, 0.1) is 5.75 Å². The van der Waals surface area contributed by atoms with Crippen LogP contribution in [0.25, 0.3) is 0 Å². The molecule has 1 aromatic rings. The second-order valence-corrected chi connectivity index (χ2v) is 5.15. The molecule has 1 aliphatic rings. The van der Waals surface area contributed by atoms with Crippen LogP contribution in [0, 0.1) is 6.92 Å². The van der Waals surface area contributed by atoms with Gasteiger partial charge in [0.2, 0.25) is 5.91 Å². The first kappa shape index (κ1) is 14.2. The van der Waals surface area contributed by atoms with Crippen molar-refractivity contribution >= 4 is 40.6 Å². The molecule has 0 saturated heterocycles. The minimum absolute atomic E-state index is 0.160. The topological polar surface area (TPSA) is 70.9 Å². The van der Waals surface area contributed by atoms with Crippen molar-refractivity contribution < 1.29 is 9.59 Å². The monoisotopic (exact) mass is 287 g/mol. The summed E-state index contributed by atoms with van der Waals surface area (Å²) in [7, 11) is 0. The lowest BCUT2D eigenvalue weighted by Crippen LogP contribution is -2.17. The quantitative estimate of drug-likeness (QED) is 0.929. The number of amides is 3. The average Bonchev–Trinajstić information content (AvgIpc) is 2.40. The van der Waals surface area contributed by atoms with Crippen molar-refractivity contribution in [3.63, 3.8) is 0 Å². The first-order valence-corrected chi connectivity index (χ1v) is 6.88. The first-order valence-electron chi connectivity index (χ1n) is 5.90. The lowest BCUT2D eigenvalue weighted by molar-refractivity contribution is -0.113. The predicted molar refractivity (Wildman–Crippen MR) is 82.7 cm³/mol. The number of nitrogens with one attached hydrogen (secondary N) is 1. The lowest BCUT2D eigenvalue weighted by Gasteiger charge is -2.08. The van der Waals surface area contributed by atoms with Gasteiger partial charge in [0, 0.05) is 17.5 Å². The number of rotatable bonds is 3. The van der Waals surface area contributed by atoms with Crippen LogP contribution in [-0.2, 0) is 4.79 Å². The molecule has 0 spiro atoms. The van der Waals surface area contributed by atoms with Crippen molar-refractivity contribution in [1.82, 2.24) is 0 Å². The molecule has 20 heavy (non-hydrogen) atoms. The Morgan fingerprint density at radius 2 is 2.25 bits per heavy atom. The lowest BCUT2D eigenvalue weighted by atomic mass is 10.2. The number of benzene rings is 1. The maximum absolute atomic E-state index is 11.8. The van der Waals surface area contributed by atoms with Gasteiger partial charge in [-0.15, -0.1) is 0 Å². The van der Waals surface area contributed by atoms with Gasteiger partial charge in [-0.3, -0.25) is 4.79 Å². The summed E-state index contributed by atoms with van der Waals surface area (Å²) in [5, 5.41) is 3.22. The van der Waals surface area contributed by atoms with E-state index in [-0.39, 0.29) is 11.7 Å². The highest BCUT2D eigenvalue weighted by Crippen LogP contribution is 2.15. The van der Waals surface area contributed by atoms with Crippen molar-refractivity contribution in [2.45, 2.75) is 6.92 Å². The van der Waals surface area contributed by atoms with E-state index >= 15 is 0 Å². The molecule has 102 valence electrons. The van der Waals surface area contributed by atoms with Gasteiger partial charge in [-0.25, -0.2) is 4.79 Å². The van der Waals surface area contributed by atoms with Gasteiger partial charge in [-0.1, -0.05) is 30.5 Å². The van der Waals surface area contributed by atoms with Gasteiger partial charge < -0.3 is 5.32 Å². The summed E-state index contributed by atoms with van der Waals surface area (Å²) in [4.78, 5) is 30.1. The molecule has 0 saturated carbocycles. The number of aryl methyl sites for hydroxylation is 1. The van der Waals surface area contributed by atoms with Crippen molar-refractivity contribution in [3.8, 4) is 0 Å². The van der Waals surface area contributed by atoms with Crippen molar-refractivity contribution in [1.29, 1.82) is 0 Å². The van der Waals surface area contributed by atoms with Crippen LogP contribution < -0.4 is 5.32 Å². The Bertz CT molecular complexity index is 635. The van der Waals surface area contributed by atoms with E-state index in [0.717, 1.165) is 11.3 Å². The van der Waals surface area contributed by atoms with Gasteiger partial charge in [-0.05, 0) is 24.6 Å². The smallest absolute Gasteiger partial charge is 0.325 e. The number of anilines is 1. The molecule has 0 unspecified atom stereocenters. The SMILES string of the molecule is C=C1C=NC(=O)N=C1SCC(=O)Nc1cccc(C)c1. The molecule has 0 aliphatic carbocycles. The maximum Gasteiger partial charge on any atom is 0.368 e. The van der Waals surface area contributed by atoms with E-state index in [2.05, 4.69) is 21.9 Å². The van der Waals surface area contributed by atoms with E-state index in [9.17, 15) is 9.59 Å². The van der Waals surface area contributed by atoms with E-state index in [4.69, 9.17) is 0 Å². The van der Waals surface area contributed by atoms with Crippen LogP contribution in [-0.4, -0.2) is 28.9 Å². The molecule has 1 heterocycles. The van der Waals surface area contributed by atoms with Crippen LogP contribution in [0.1, 0.15) is 5.56 Å². The van der Waals surface area contributed by atoms with Gasteiger partial charge >= 0.3 is 6.03 Å². The second kappa shape index (κ2) is 6.29. The second-order valence-electron chi connectivity index (χ2n) is 4.19. The summed E-state index contributed by atoms with van der Waals surface area (Å²) in [5.41, 5.74) is 2.36. The molecule has 0 atom stereocenters. The van der Waals surface area contributed by atoms with Gasteiger partial charge in [0.1, 0.15) is 5.04 Å². The summed E-state index contributed by atoms with van der Waals surface area (Å²) in [5.74, 6) is -0.00142. The Labute approximate surface area is 120 Å². The predicted octanol–water partition coefficient (Wildman–Crippen LogP) is 2.83. The summed E-state index contributed by atoms with van der Waals surface area (Å²) in [6, 6.07) is 6.97. The number of urea groups is 1. The van der Waals surface area contributed by atoms with E-state index in [1.54, 1.807) is 0 Å². The summed E-state index contributed by atoms with van der Waals surface area (Å²) >= 11 is 1.17. The third kappa shape index (κ3) is 3.89. The molecule has 0 fully saturated rings. The minimum Gasteiger partial charge on any atom is -0.325 e. The van der Waals surface area contributed by atoms with Crippen LogP contribution in [0.3, 0.4) is 0 Å². The number of nitrogens with zero attached hydrogens (tertiary/aromatic N) is 2. The molecular formula is C14H13N3O2S. The molecule has 1 N–H and O–H groups in total. The van der Waals surface area contributed by atoms with Crippen molar-refractivity contribution in [2.24, 2.45) is 9.98 Å². The van der Waals surface area contributed by atoms with E-state index < -0.39 is 6.03 Å². The number of carbonyl (C=O) groups is 2. The summed E-state index contributed by atoms with van der Waals surface area (Å²) in [6.07, 6.45) is 1.36. The summed E-state index contributed by atoms with van der Waals surface area (Å²) < 4.78 is 0. The van der Waals surface area contributed by atoms with Crippen molar-refractivity contribution in [3.05, 3.63) is 42.0 Å². The Kier molecular flexibility index (Phi) is 4.47. The number of aliphatic imine (C=N–C) groups is 2. The molecule has 0 bridgehead atoms. The highest BCUT2D eigenvalue weighted by atomic mass is 32.2. The molecule has 1 aromatic carbocycles. The van der Waals surface area contributed by atoms with Crippen molar-refractivity contribution in [2.75, 3.05) is 11.1 Å². The maximum atomic E-state index is 11.8. The Hall–Kier alpha value is -2.21. The third-order valence-corrected chi connectivity index (χ3v) is 3.48. The number of carbonyl (C=O) groups excluding carboxylic acids is 2. The number of hydrogen-bond donors (Lipinski definition) is 1. The van der Waals surface area contributed by atoms with Crippen LogP contribution in [0.5, 0.6) is 0 Å². The first-order chi connectivity index (χ1) is 9.54. The van der Waals surface area contributed by atoms with Crippen LogP contribution in [0.15, 0.2) is 46.4 Å². The molecule has 3 amide bonds. The fraction of sp³-hybridized carbons (Fsp3) is 0.143.